The number of hydrogen-bond donors (Lipinski definition) is 2. The van der Waals surface area contributed by atoms with Crippen LogP contribution in [0.1, 0.15) is 0 Å². The zero-order valence-corrected chi connectivity index (χ0v) is 11.0. The Labute approximate surface area is 118 Å². The van der Waals surface area contributed by atoms with Crippen LogP contribution in [0.3, 0.4) is 0 Å². The van der Waals surface area contributed by atoms with Crippen LogP contribution >= 0.6 is 0 Å². The summed E-state index contributed by atoms with van der Waals surface area (Å²) in [6.07, 6.45) is 1.07. The molecule has 0 atom stereocenters. The van der Waals surface area contributed by atoms with Crippen LogP contribution in [0.5, 0.6) is 5.75 Å². The van der Waals surface area contributed by atoms with E-state index < -0.39 is 42.9 Å². The molecule has 0 spiro atoms. The highest BCUT2D eigenvalue weighted by Gasteiger charge is 2.24. The minimum atomic E-state index is -4.44. The van der Waals surface area contributed by atoms with Gasteiger partial charge in [-0.1, -0.05) is 0 Å². The molecule has 0 amide bonds. The van der Waals surface area contributed by atoms with Crippen molar-refractivity contribution in [3.8, 4) is 5.75 Å². The van der Waals surface area contributed by atoms with E-state index in [-0.39, 0.29) is 0 Å². The fourth-order valence-electron chi connectivity index (χ4n) is 1.52. The molecule has 8 nitrogen and oxygen atoms in total. The number of phenolic OH excluding ortho intramolecular Hbond substituents is 1. The minimum absolute atomic E-state index is 0.409. The summed E-state index contributed by atoms with van der Waals surface area (Å²) < 4.78 is 39.3. The Balaban J connectivity index is 2.47. The zero-order valence-electron chi connectivity index (χ0n) is 10.2. The zero-order chi connectivity index (χ0) is 15.6. The Morgan fingerprint density at radius 2 is 2.05 bits per heavy atom. The Kier molecular flexibility index (Phi) is 3.72. The second-order valence-corrected chi connectivity index (χ2v) is 5.45. The fraction of sp³-hybridized carbons (Fsp3) is 0. The third-order valence-corrected chi connectivity index (χ3v) is 3.70. The predicted molar refractivity (Wildman–Crippen MR) is 69.8 cm³/mol. The molecule has 1 aromatic carbocycles. The van der Waals surface area contributed by atoms with Gasteiger partial charge in [-0.15, -0.1) is 0 Å². The van der Waals surface area contributed by atoms with E-state index >= 15 is 0 Å². The molecule has 0 aliphatic rings. The molecule has 0 bridgehead atoms. The molecule has 0 radical (unpaired) electrons. The van der Waals surface area contributed by atoms with Crippen molar-refractivity contribution in [1.29, 1.82) is 0 Å². The summed E-state index contributed by atoms with van der Waals surface area (Å²) in [7, 11) is -4.44. The Hall–Kier alpha value is -2.75. The van der Waals surface area contributed by atoms with Gasteiger partial charge in [0.05, 0.1) is 11.0 Å². The summed E-state index contributed by atoms with van der Waals surface area (Å²) >= 11 is 0. The van der Waals surface area contributed by atoms with Gasteiger partial charge in [0.25, 0.3) is 15.7 Å². The molecule has 10 heteroatoms. The van der Waals surface area contributed by atoms with Crippen LogP contribution in [0.25, 0.3) is 0 Å². The molecule has 2 N–H and O–H groups in total. The molecule has 21 heavy (non-hydrogen) atoms. The van der Waals surface area contributed by atoms with Crippen molar-refractivity contribution in [2.45, 2.75) is 5.03 Å². The number of benzene rings is 1. The van der Waals surface area contributed by atoms with Gasteiger partial charge in [0.15, 0.2) is 5.82 Å². The molecule has 1 aromatic heterocycles. The third-order valence-electron chi connectivity index (χ3n) is 2.40. The maximum Gasteiger partial charge on any atom is 0.297 e. The van der Waals surface area contributed by atoms with Crippen molar-refractivity contribution < 1.29 is 22.8 Å². The number of rotatable bonds is 4. The third kappa shape index (κ3) is 3.05. The highest BCUT2D eigenvalue weighted by atomic mass is 32.2. The Morgan fingerprint density at radius 3 is 2.67 bits per heavy atom. The molecule has 110 valence electrons. The van der Waals surface area contributed by atoms with E-state index in [1.807, 2.05) is 4.72 Å². The quantitative estimate of drug-likeness (QED) is 0.502. The number of pyridine rings is 1. The molecule has 1 heterocycles. The van der Waals surface area contributed by atoms with Crippen LogP contribution in [-0.2, 0) is 10.0 Å². The second-order valence-electron chi connectivity index (χ2n) is 3.85. The monoisotopic (exact) mass is 313 g/mol. The smallest absolute Gasteiger partial charge is 0.297 e. The second kappa shape index (κ2) is 5.32. The van der Waals surface area contributed by atoms with Crippen LogP contribution in [0.2, 0.25) is 0 Å². The average Bonchev–Trinajstić information content (AvgIpc) is 2.40. The summed E-state index contributed by atoms with van der Waals surface area (Å²) in [6, 6.07) is 4.92. The number of aromatic hydroxyl groups is 1. The SMILES string of the molecule is O=[N+]([O-])c1cc(O)ccc1NS(=O)(=O)c1ncccc1F. The number of nitro groups is 1. The number of sulfonamides is 1. The van der Waals surface area contributed by atoms with Crippen molar-refractivity contribution >= 4 is 21.4 Å². The highest BCUT2D eigenvalue weighted by molar-refractivity contribution is 7.92. The molecular weight excluding hydrogens is 305 g/mol. The number of hydrogen-bond acceptors (Lipinski definition) is 6. The van der Waals surface area contributed by atoms with Gasteiger partial charge in [-0.3, -0.25) is 14.8 Å². The van der Waals surface area contributed by atoms with Crippen molar-refractivity contribution in [3.05, 3.63) is 52.5 Å². The van der Waals surface area contributed by atoms with E-state index in [0.717, 1.165) is 30.5 Å². The Bertz CT molecular complexity index is 809. The predicted octanol–water partition coefficient (Wildman–Crippen LogP) is 1.64. The fourth-order valence-corrected chi connectivity index (χ4v) is 2.60. The van der Waals surface area contributed by atoms with Gasteiger partial charge in [0.1, 0.15) is 11.4 Å². The first-order chi connectivity index (χ1) is 9.81. The number of aromatic nitrogens is 1. The van der Waals surface area contributed by atoms with Crippen LogP contribution in [0.4, 0.5) is 15.8 Å². The lowest BCUT2D eigenvalue weighted by Gasteiger charge is -2.08. The lowest BCUT2D eigenvalue weighted by Crippen LogP contribution is -2.17. The molecular formula is C11H8FN3O5S. The van der Waals surface area contributed by atoms with Gasteiger partial charge in [-0.25, -0.2) is 9.37 Å². The summed E-state index contributed by atoms with van der Waals surface area (Å²) in [5, 5.41) is 19.1. The Morgan fingerprint density at radius 1 is 1.33 bits per heavy atom. The van der Waals surface area contributed by atoms with Crippen molar-refractivity contribution in [2.75, 3.05) is 4.72 Å². The first-order valence-corrected chi connectivity index (χ1v) is 6.90. The van der Waals surface area contributed by atoms with Gasteiger partial charge in [0, 0.05) is 6.20 Å². The number of phenols is 1. The van der Waals surface area contributed by atoms with E-state index in [9.17, 15) is 28.0 Å². The average molecular weight is 313 g/mol. The summed E-state index contributed by atoms with van der Waals surface area (Å²) in [6.45, 7) is 0. The van der Waals surface area contributed by atoms with Crippen LogP contribution in [-0.4, -0.2) is 23.4 Å². The van der Waals surface area contributed by atoms with Crippen molar-refractivity contribution in [3.63, 3.8) is 0 Å². The van der Waals surface area contributed by atoms with Crippen molar-refractivity contribution in [1.82, 2.24) is 4.98 Å². The first-order valence-electron chi connectivity index (χ1n) is 5.42. The van der Waals surface area contributed by atoms with E-state index in [1.165, 1.54) is 6.07 Å². The first kappa shape index (κ1) is 14.7. The number of halogens is 1. The maximum absolute atomic E-state index is 13.5. The topological polar surface area (TPSA) is 122 Å². The van der Waals surface area contributed by atoms with Crippen molar-refractivity contribution in [2.24, 2.45) is 0 Å². The normalized spacial score (nSPS) is 11.1. The lowest BCUT2D eigenvalue weighted by molar-refractivity contribution is -0.384. The molecule has 0 fully saturated rings. The highest BCUT2D eigenvalue weighted by Crippen LogP contribution is 2.30. The molecule has 0 aliphatic heterocycles. The van der Waals surface area contributed by atoms with Gasteiger partial charge in [-0.05, 0) is 24.3 Å². The van der Waals surface area contributed by atoms with Gasteiger partial charge >= 0.3 is 0 Å². The largest absolute Gasteiger partial charge is 0.508 e. The van der Waals surface area contributed by atoms with Crippen LogP contribution in [0.15, 0.2) is 41.6 Å². The minimum Gasteiger partial charge on any atom is -0.508 e. The lowest BCUT2D eigenvalue weighted by atomic mass is 10.2. The van der Waals surface area contributed by atoms with E-state index in [4.69, 9.17) is 0 Å². The molecule has 0 unspecified atom stereocenters. The molecule has 0 saturated heterocycles. The summed E-state index contributed by atoms with van der Waals surface area (Å²) in [5.74, 6) is -1.50. The number of nitro benzene ring substituents is 1. The summed E-state index contributed by atoms with van der Waals surface area (Å²) in [5.41, 5.74) is -1.09. The van der Waals surface area contributed by atoms with Gasteiger partial charge < -0.3 is 5.11 Å². The summed E-state index contributed by atoms with van der Waals surface area (Å²) in [4.78, 5) is 13.3. The molecule has 2 aromatic rings. The molecule has 0 aliphatic carbocycles. The number of nitrogens with zero attached hydrogens (tertiary/aromatic N) is 2. The van der Waals surface area contributed by atoms with E-state index in [1.54, 1.807) is 0 Å². The number of nitrogens with one attached hydrogen (secondary N) is 1. The van der Waals surface area contributed by atoms with Crippen LogP contribution < -0.4 is 4.72 Å². The number of anilines is 1. The van der Waals surface area contributed by atoms with Gasteiger partial charge in [-0.2, -0.15) is 8.42 Å². The maximum atomic E-state index is 13.5. The molecule has 0 saturated carbocycles. The van der Waals surface area contributed by atoms with E-state index in [0.29, 0.717) is 0 Å². The standard InChI is InChI=1S/C11H8FN3O5S/c12-8-2-1-5-13-11(8)21(19,20)14-9-4-3-7(16)6-10(9)15(17)18/h1-6,14,16H. The van der Waals surface area contributed by atoms with E-state index in [2.05, 4.69) is 4.98 Å². The molecule has 2 rings (SSSR count). The van der Waals surface area contributed by atoms with Crippen LogP contribution in [0, 0.1) is 15.9 Å². The van der Waals surface area contributed by atoms with Gasteiger partial charge in [0.2, 0.25) is 5.03 Å².